The normalized spacial score (nSPS) is 17.8. The van der Waals surface area contributed by atoms with Crippen LogP contribution in [-0.4, -0.2) is 43.8 Å². The lowest BCUT2D eigenvalue weighted by Gasteiger charge is -2.36. The first-order chi connectivity index (χ1) is 12.0. The minimum atomic E-state index is -3.54. The molecular weight excluding hydrogens is 402 g/mol. The molecule has 3 rings (SSSR count). The van der Waals surface area contributed by atoms with Crippen molar-refractivity contribution in [2.75, 3.05) is 26.2 Å². The SMILES string of the molecule is N#CC(c1ccccc1)N1CCN(S(=O)(=O)c2ccccc2Br)CC1. The molecule has 7 heteroatoms. The van der Waals surface area contributed by atoms with Crippen LogP contribution in [-0.2, 0) is 10.0 Å². The van der Waals surface area contributed by atoms with Crippen LogP contribution in [0.4, 0.5) is 0 Å². The third-order valence-corrected chi connectivity index (χ3v) is 7.24. The van der Waals surface area contributed by atoms with Crippen LogP contribution in [0, 0.1) is 11.3 Å². The zero-order valence-corrected chi connectivity index (χ0v) is 15.9. The number of hydrogen-bond donors (Lipinski definition) is 0. The van der Waals surface area contributed by atoms with Gasteiger partial charge in [-0.3, -0.25) is 4.90 Å². The molecule has 0 spiro atoms. The fraction of sp³-hybridized carbons (Fsp3) is 0.278. The van der Waals surface area contributed by atoms with Crippen molar-refractivity contribution in [3.8, 4) is 6.07 Å². The molecule has 5 nitrogen and oxygen atoms in total. The maximum atomic E-state index is 12.8. The van der Waals surface area contributed by atoms with Gasteiger partial charge in [0, 0.05) is 30.7 Å². The summed E-state index contributed by atoms with van der Waals surface area (Å²) in [5, 5.41) is 9.54. The van der Waals surface area contributed by atoms with Crippen LogP contribution in [0.3, 0.4) is 0 Å². The fourth-order valence-electron chi connectivity index (χ4n) is 3.00. The molecule has 0 bridgehead atoms. The molecule has 0 aliphatic carbocycles. The van der Waals surface area contributed by atoms with E-state index in [0.29, 0.717) is 30.7 Å². The maximum Gasteiger partial charge on any atom is 0.244 e. The molecule has 2 aromatic rings. The van der Waals surface area contributed by atoms with E-state index in [0.717, 1.165) is 5.56 Å². The number of nitrogens with zero attached hydrogens (tertiary/aromatic N) is 3. The summed E-state index contributed by atoms with van der Waals surface area (Å²) in [5.41, 5.74) is 0.937. The Kier molecular flexibility index (Phi) is 5.54. The Bertz CT molecular complexity index is 873. The van der Waals surface area contributed by atoms with Crippen molar-refractivity contribution in [2.45, 2.75) is 10.9 Å². The molecule has 130 valence electrons. The molecule has 0 amide bonds. The first-order valence-electron chi connectivity index (χ1n) is 7.97. The van der Waals surface area contributed by atoms with Gasteiger partial charge in [-0.05, 0) is 33.6 Å². The standard InChI is InChI=1S/C18H18BrN3O2S/c19-16-8-4-5-9-18(16)25(23,24)22-12-10-21(11-13-22)17(14-20)15-6-2-1-3-7-15/h1-9,17H,10-13H2. The topological polar surface area (TPSA) is 64.4 Å². The molecule has 1 atom stereocenters. The summed E-state index contributed by atoms with van der Waals surface area (Å²) in [6.45, 7) is 1.79. The largest absolute Gasteiger partial charge is 0.282 e. The van der Waals surface area contributed by atoms with Crippen LogP contribution in [0.1, 0.15) is 11.6 Å². The van der Waals surface area contributed by atoms with Crippen molar-refractivity contribution >= 4 is 26.0 Å². The van der Waals surface area contributed by atoms with Crippen LogP contribution in [0.15, 0.2) is 64.0 Å². The van der Waals surface area contributed by atoms with Gasteiger partial charge in [-0.15, -0.1) is 0 Å². The monoisotopic (exact) mass is 419 g/mol. The molecule has 0 saturated carbocycles. The highest BCUT2D eigenvalue weighted by atomic mass is 79.9. The van der Waals surface area contributed by atoms with E-state index < -0.39 is 10.0 Å². The molecule has 1 fully saturated rings. The average Bonchev–Trinajstić information content (AvgIpc) is 2.64. The minimum Gasteiger partial charge on any atom is -0.282 e. The highest BCUT2D eigenvalue weighted by Gasteiger charge is 2.32. The molecule has 1 heterocycles. The Balaban J connectivity index is 1.74. The zero-order valence-electron chi connectivity index (χ0n) is 13.5. The summed E-state index contributed by atoms with van der Waals surface area (Å²) in [6, 6.07) is 18.4. The van der Waals surface area contributed by atoms with Crippen LogP contribution < -0.4 is 0 Å². The molecule has 1 unspecified atom stereocenters. The van der Waals surface area contributed by atoms with Gasteiger partial charge < -0.3 is 0 Å². The van der Waals surface area contributed by atoms with E-state index in [4.69, 9.17) is 0 Å². The lowest BCUT2D eigenvalue weighted by atomic mass is 10.1. The second-order valence-corrected chi connectivity index (χ2v) is 8.57. The van der Waals surface area contributed by atoms with Gasteiger partial charge in [-0.2, -0.15) is 9.57 Å². The van der Waals surface area contributed by atoms with Crippen molar-refractivity contribution in [2.24, 2.45) is 0 Å². The summed E-state index contributed by atoms with van der Waals surface area (Å²) in [4.78, 5) is 2.31. The Hall–Kier alpha value is -1.72. The maximum absolute atomic E-state index is 12.8. The predicted octanol–water partition coefficient (Wildman–Crippen LogP) is 3.02. The molecule has 2 aromatic carbocycles. The average molecular weight is 420 g/mol. The van der Waals surface area contributed by atoms with Gasteiger partial charge in [0.25, 0.3) is 0 Å². The Morgan fingerprint density at radius 3 is 2.16 bits per heavy atom. The van der Waals surface area contributed by atoms with Gasteiger partial charge >= 0.3 is 0 Å². The first kappa shape index (κ1) is 18.1. The van der Waals surface area contributed by atoms with Gasteiger partial charge in [0.2, 0.25) is 10.0 Å². The number of sulfonamides is 1. The molecule has 25 heavy (non-hydrogen) atoms. The van der Waals surface area contributed by atoms with Crippen LogP contribution in [0.5, 0.6) is 0 Å². The van der Waals surface area contributed by atoms with Crippen LogP contribution in [0.2, 0.25) is 0 Å². The number of piperazine rings is 1. The van der Waals surface area contributed by atoms with Crippen molar-refractivity contribution in [3.05, 3.63) is 64.6 Å². The highest BCUT2D eigenvalue weighted by Crippen LogP contribution is 2.27. The van der Waals surface area contributed by atoms with E-state index in [9.17, 15) is 13.7 Å². The lowest BCUT2D eigenvalue weighted by molar-refractivity contribution is 0.162. The molecule has 1 aliphatic rings. The third-order valence-electron chi connectivity index (χ3n) is 4.33. The van der Waals surface area contributed by atoms with Crippen molar-refractivity contribution in [1.29, 1.82) is 5.26 Å². The Morgan fingerprint density at radius 1 is 0.960 bits per heavy atom. The molecule has 0 N–H and O–H groups in total. The Morgan fingerprint density at radius 2 is 1.56 bits per heavy atom. The number of rotatable bonds is 4. The number of nitriles is 1. The summed E-state index contributed by atoms with van der Waals surface area (Å²) in [5.74, 6) is 0. The quantitative estimate of drug-likeness (QED) is 0.763. The van der Waals surface area contributed by atoms with Gasteiger partial charge in [-0.25, -0.2) is 8.42 Å². The molecule has 1 saturated heterocycles. The van der Waals surface area contributed by atoms with E-state index in [-0.39, 0.29) is 10.9 Å². The molecular formula is C18H18BrN3O2S. The Labute approximate surface area is 156 Å². The lowest BCUT2D eigenvalue weighted by Crippen LogP contribution is -2.49. The summed E-state index contributed by atoms with van der Waals surface area (Å²) in [6.07, 6.45) is 0. The first-order valence-corrected chi connectivity index (χ1v) is 10.2. The highest BCUT2D eigenvalue weighted by molar-refractivity contribution is 9.10. The van der Waals surface area contributed by atoms with E-state index >= 15 is 0 Å². The van der Waals surface area contributed by atoms with Crippen molar-refractivity contribution < 1.29 is 8.42 Å². The van der Waals surface area contributed by atoms with Crippen LogP contribution >= 0.6 is 15.9 Å². The van der Waals surface area contributed by atoms with Crippen molar-refractivity contribution in [3.63, 3.8) is 0 Å². The minimum absolute atomic E-state index is 0.281. The van der Waals surface area contributed by atoms with Gasteiger partial charge in [0.1, 0.15) is 6.04 Å². The summed E-state index contributed by atoms with van der Waals surface area (Å²) >= 11 is 3.32. The third kappa shape index (κ3) is 3.77. The number of benzene rings is 2. The van der Waals surface area contributed by atoms with E-state index in [1.54, 1.807) is 24.3 Å². The zero-order chi connectivity index (χ0) is 17.9. The second kappa shape index (κ2) is 7.67. The smallest absolute Gasteiger partial charge is 0.244 e. The van der Waals surface area contributed by atoms with Gasteiger partial charge in [0.15, 0.2) is 0 Å². The predicted molar refractivity (Wildman–Crippen MR) is 99.3 cm³/mol. The van der Waals surface area contributed by atoms with E-state index in [2.05, 4.69) is 22.0 Å². The van der Waals surface area contributed by atoms with Gasteiger partial charge in [-0.1, -0.05) is 42.5 Å². The van der Waals surface area contributed by atoms with Gasteiger partial charge in [0.05, 0.1) is 11.0 Å². The fourth-order valence-corrected chi connectivity index (χ4v) is 5.38. The molecule has 0 aromatic heterocycles. The number of hydrogen-bond acceptors (Lipinski definition) is 4. The van der Waals surface area contributed by atoms with E-state index in [1.165, 1.54) is 4.31 Å². The second-order valence-electron chi connectivity index (χ2n) is 5.81. The number of halogens is 1. The molecule has 1 aliphatic heterocycles. The summed E-state index contributed by atoms with van der Waals surface area (Å²) < 4.78 is 27.7. The van der Waals surface area contributed by atoms with E-state index in [1.807, 2.05) is 35.2 Å². The summed E-state index contributed by atoms with van der Waals surface area (Å²) in [7, 11) is -3.54. The van der Waals surface area contributed by atoms with Crippen molar-refractivity contribution in [1.82, 2.24) is 9.21 Å². The molecule has 0 radical (unpaired) electrons. The van der Waals surface area contributed by atoms with Crippen LogP contribution in [0.25, 0.3) is 0 Å².